The maximum absolute atomic E-state index is 12.7. The number of hydrogen-bond donors (Lipinski definition) is 0. The Hall–Kier alpha value is -3.13. The molecule has 2 aromatic rings. The first-order chi connectivity index (χ1) is 12.1. The van der Waals surface area contributed by atoms with Gasteiger partial charge in [0.05, 0.1) is 17.2 Å². The number of anilines is 1. The summed E-state index contributed by atoms with van der Waals surface area (Å²) in [5.74, 6) is -0.801. The van der Waals surface area contributed by atoms with Crippen LogP contribution in [-0.4, -0.2) is 24.5 Å². The van der Waals surface area contributed by atoms with Gasteiger partial charge >= 0.3 is 5.97 Å². The van der Waals surface area contributed by atoms with Crippen LogP contribution in [0.25, 0.3) is 0 Å². The second-order valence-electron chi connectivity index (χ2n) is 5.96. The lowest BCUT2D eigenvalue weighted by atomic mass is 10.0. The van der Waals surface area contributed by atoms with Crippen molar-refractivity contribution in [2.24, 2.45) is 0 Å². The summed E-state index contributed by atoms with van der Waals surface area (Å²) in [6.07, 6.45) is 0.951. The molecular formula is C20H18N2O3. The number of esters is 1. The summed E-state index contributed by atoms with van der Waals surface area (Å²) in [6, 6.07) is 15.9. The van der Waals surface area contributed by atoms with Crippen molar-refractivity contribution in [1.29, 1.82) is 5.26 Å². The Morgan fingerprint density at radius 3 is 2.60 bits per heavy atom. The van der Waals surface area contributed by atoms with Crippen molar-refractivity contribution in [2.45, 2.75) is 25.9 Å². The Labute approximate surface area is 146 Å². The third-order valence-corrected chi connectivity index (χ3v) is 4.26. The molecule has 2 aromatic carbocycles. The minimum atomic E-state index is -0.880. The lowest BCUT2D eigenvalue weighted by molar-refractivity contribution is -0.126. The molecule has 0 aliphatic carbocycles. The smallest absolute Gasteiger partial charge is 0.338 e. The van der Waals surface area contributed by atoms with E-state index in [2.05, 4.69) is 0 Å². The van der Waals surface area contributed by atoms with Gasteiger partial charge in [-0.15, -0.1) is 0 Å². The average Bonchev–Trinajstić information content (AvgIpc) is 2.67. The van der Waals surface area contributed by atoms with E-state index in [4.69, 9.17) is 10.00 Å². The molecule has 0 saturated carbocycles. The van der Waals surface area contributed by atoms with E-state index < -0.39 is 12.1 Å². The van der Waals surface area contributed by atoms with Crippen LogP contribution < -0.4 is 4.90 Å². The molecule has 0 radical (unpaired) electrons. The Morgan fingerprint density at radius 1 is 1.16 bits per heavy atom. The molecule has 1 heterocycles. The number of nitriles is 1. The van der Waals surface area contributed by atoms with Crippen molar-refractivity contribution in [2.75, 3.05) is 11.4 Å². The second-order valence-corrected chi connectivity index (χ2v) is 5.96. The molecule has 0 bridgehead atoms. The van der Waals surface area contributed by atoms with E-state index >= 15 is 0 Å². The van der Waals surface area contributed by atoms with E-state index in [1.807, 2.05) is 30.3 Å². The molecule has 1 unspecified atom stereocenters. The Morgan fingerprint density at radius 2 is 1.88 bits per heavy atom. The predicted molar refractivity (Wildman–Crippen MR) is 93.2 cm³/mol. The highest BCUT2D eigenvalue weighted by molar-refractivity contribution is 5.99. The number of carbonyl (C=O) groups is 2. The number of nitrogens with zero attached hydrogens (tertiary/aromatic N) is 2. The van der Waals surface area contributed by atoms with E-state index in [1.165, 1.54) is 12.1 Å². The zero-order valence-corrected chi connectivity index (χ0v) is 13.9. The van der Waals surface area contributed by atoms with Crippen LogP contribution in [0, 0.1) is 11.3 Å². The van der Waals surface area contributed by atoms with Crippen molar-refractivity contribution in [1.82, 2.24) is 0 Å². The fourth-order valence-electron chi connectivity index (χ4n) is 2.94. The van der Waals surface area contributed by atoms with Crippen LogP contribution in [0.15, 0.2) is 48.5 Å². The van der Waals surface area contributed by atoms with Crippen LogP contribution in [0.5, 0.6) is 0 Å². The molecule has 1 aliphatic heterocycles. The van der Waals surface area contributed by atoms with Crippen molar-refractivity contribution in [3.63, 3.8) is 0 Å². The number of amides is 1. The normalized spacial score (nSPS) is 14.2. The fourth-order valence-corrected chi connectivity index (χ4v) is 2.94. The molecule has 3 rings (SSSR count). The molecule has 5 heteroatoms. The van der Waals surface area contributed by atoms with Crippen molar-refractivity contribution >= 4 is 17.6 Å². The van der Waals surface area contributed by atoms with Crippen molar-refractivity contribution in [3.8, 4) is 6.07 Å². The summed E-state index contributed by atoms with van der Waals surface area (Å²) >= 11 is 0. The SMILES string of the molecule is CC(OC(=O)c1ccc(C#N)cc1)C(=O)N1CCCc2ccccc21. The largest absolute Gasteiger partial charge is 0.449 e. The molecule has 0 N–H and O–H groups in total. The van der Waals surface area contributed by atoms with Gasteiger partial charge in [0.15, 0.2) is 6.10 Å². The third kappa shape index (κ3) is 3.53. The molecule has 1 amide bonds. The van der Waals surface area contributed by atoms with Gasteiger partial charge in [0.25, 0.3) is 5.91 Å². The summed E-state index contributed by atoms with van der Waals surface area (Å²) in [6.45, 7) is 2.20. The van der Waals surface area contributed by atoms with Crippen LogP contribution in [0.2, 0.25) is 0 Å². The van der Waals surface area contributed by atoms with Gasteiger partial charge in [0.1, 0.15) is 0 Å². The first-order valence-corrected chi connectivity index (χ1v) is 8.20. The fraction of sp³-hybridized carbons (Fsp3) is 0.250. The number of fused-ring (bicyclic) bond motifs is 1. The maximum Gasteiger partial charge on any atom is 0.338 e. The van der Waals surface area contributed by atoms with Gasteiger partial charge in [-0.3, -0.25) is 4.79 Å². The molecule has 0 saturated heterocycles. The van der Waals surface area contributed by atoms with Crippen molar-refractivity contribution in [3.05, 3.63) is 65.2 Å². The number of para-hydroxylation sites is 1. The molecule has 0 aromatic heterocycles. The van der Waals surface area contributed by atoms with Gasteiger partial charge in [-0.05, 0) is 55.7 Å². The van der Waals surface area contributed by atoms with Crippen LogP contribution in [0.1, 0.15) is 34.8 Å². The van der Waals surface area contributed by atoms with Crippen LogP contribution >= 0.6 is 0 Å². The number of carbonyl (C=O) groups excluding carboxylic acids is 2. The van der Waals surface area contributed by atoms with Gasteiger partial charge in [-0.2, -0.15) is 5.26 Å². The van der Waals surface area contributed by atoms with Crippen LogP contribution in [-0.2, 0) is 16.0 Å². The minimum absolute atomic E-state index is 0.228. The minimum Gasteiger partial charge on any atom is -0.449 e. The van der Waals surface area contributed by atoms with E-state index in [9.17, 15) is 9.59 Å². The summed E-state index contributed by atoms with van der Waals surface area (Å²) in [7, 11) is 0. The monoisotopic (exact) mass is 334 g/mol. The molecular weight excluding hydrogens is 316 g/mol. The first-order valence-electron chi connectivity index (χ1n) is 8.20. The molecule has 0 spiro atoms. The van der Waals surface area contributed by atoms with Gasteiger partial charge < -0.3 is 9.64 Å². The van der Waals surface area contributed by atoms with E-state index in [1.54, 1.807) is 24.0 Å². The number of rotatable bonds is 3. The molecule has 1 aliphatic rings. The molecule has 0 fully saturated rings. The first kappa shape index (κ1) is 16.7. The molecule has 126 valence electrons. The number of benzene rings is 2. The van der Waals surface area contributed by atoms with E-state index in [-0.39, 0.29) is 5.91 Å². The highest BCUT2D eigenvalue weighted by Gasteiger charge is 2.28. The third-order valence-electron chi connectivity index (χ3n) is 4.26. The highest BCUT2D eigenvalue weighted by atomic mass is 16.5. The lowest BCUT2D eigenvalue weighted by Gasteiger charge is -2.31. The van der Waals surface area contributed by atoms with Crippen molar-refractivity contribution < 1.29 is 14.3 Å². The van der Waals surface area contributed by atoms with Crippen LogP contribution in [0.3, 0.4) is 0 Å². The maximum atomic E-state index is 12.7. The zero-order valence-electron chi connectivity index (χ0n) is 13.9. The topological polar surface area (TPSA) is 70.4 Å². The lowest BCUT2D eigenvalue weighted by Crippen LogP contribution is -2.42. The number of ether oxygens (including phenoxy) is 1. The molecule has 25 heavy (non-hydrogen) atoms. The van der Waals surface area contributed by atoms with Gasteiger partial charge in [-0.25, -0.2) is 4.79 Å². The van der Waals surface area contributed by atoms with Gasteiger partial charge in [0.2, 0.25) is 0 Å². The van der Waals surface area contributed by atoms with Crippen LogP contribution in [0.4, 0.5) is 5.69 Å². The Kier molecular flexibility index (Phi) is 4.80. The van der Waals surface area contributed by atoms with Gasteiger partial charge in [0, 0.05) is 12.2 Å². The highest BCUT2D eigenvalue weighted by Crippen LogP contribution is 2.27. The number of hydrogen-bond acceptors (Lipinski definition) is 4. The zero-order chi connectivity index (χ0) is 17.8. The number of aryl methyl sites for hydroxylation is 1. The average molecular weight is 334 g/mol. The summed E-state index contributed by atoms with van der Waals surface area (Å²) in [5, 5.41) is 8.79. The molecule has 5 nitrogen and oxygen atoms in total. The predicted octanol–water partition coefficient (Wildman–Crippen LogP) is 3.08. The van der Waals surface area contributed by atoms with Gasteiger partial charge in [-0.1, -0.05) is 18.2 Å². The summed E-state index contributed by atoms with van der Waals surface area (Å²) < 4.78 is 5.33. The van der Waals surface area contributed by atoms with E-state index in [0.717, 1.165) is 24.1 Å². The quantitative estimate of drug-likeness (QED) is 0.809. The summed E-state index contributed by atoms with van der Waals surface area (Å²) in [5.41, 5.74) is 2.80. The molecule has 1 atom stereocenters. The second kappa shape index (κ2) is 7.18. The van der Waals surface area contributed by atoms with E-state index in [0.29, 0.717) is 17.7 Å². The Bertz CT molecular complexity index is 837. The Balaban J connectivity index is 1.71. The standard InChI is InChI=1S/C20H18N2O3/c1-14(25-20(24)17-10-8-15(13-21)9-11-17)19(23)22-12-4-6-16-5-2-3-7-18(16)22/h2-3,5,7-11,14H,4,6,12H2,1H3. The summed E-state index contributed by atoms with van der Waals surface area (Å²) in [4.78, 5) is 26.6.